The summed E-state index contributed by atoms with van der Waals surface area (Å²) >= 11 is 0. The number of nitrogens with one attached hydrogen (secondary N) is 1. The molecule has 28 heavy (non-hydrogen) atoms. The van der Waals surface area contributed by atoms with E-state index >= 15 is 0 Å². The highest BCUT2D eigenvalue weighted by atomic mass is 16.5. The summed E-state index contributed by atoms with van der Waals surface area (Å²) < 4.78 is 5.96. The van der Waals surface area contributed by atoms with Crippen molar-refractivity contribution in [3.63, 3.8) is 0 Å². The molecule has 6 heteroatoms. The zero-order valence-electron chi connectivity index (χ0n) is 15.5. The number of piperidine rings is 1. The maximum Gasteiger partial charge on any atom is 0.272 e. The second kappa shape index (κ2) is 8.52. The first kappa shape index (κ1) is 18.0. The molecule has 6 nitrogen and oxygen atoms in total. The Hall–Kier alpha value is -3.41. The van der Waals surface area contributed by atoms with E-state index in [1.807, 2.05) is 59.5 Å². The summed E-state index contributed by atoms with van der Waals surface area (Å²) in [6.45, 7) is 1.58. The molecule has 0 radical (unpaired) electrons. The van der Waals surface area contributed by atoms with Gasteiger partial charge in [-0.05, 0) is 49.6 Å². The lowest BCUT2D eigenvalue weighted by Crippen LogP contribution is -2.36. The Morgan fingerprint density at radius 3 is 2.50 bits per heavy atom. The number of hydrogen-bond donors (Lipinski definition) is 1. The number of rotatable bonds is 5. The van der Waals surface area contributed by atoms with Crippen LogP contribution in [0.15, 0.2) is 66.9 Å². The van der Waals surface area contributed by atoms with Crippen LogP contribution in [-0.2, 0) is 0 Å². The van der Waals surface area contributed by atoms with E-state index in [0.29, 0.717) is 17.4 Å². The lowest BCUT2D eigenvalue weighted by Gasteiger charge is -2.26. The summed E-state index contributed by atoms with van der Waals surface area (Å²) in [6.07, 6.45) is 4.88. The monoisotopic (exact) mass is 374 g/mol. The molecule has 3 aromatic rings. The van der Waals surface area contributed by atoms with Gasteiger partial charge in [-0.3, -0.25) is 4.79 Å². The third-order valence-electron chi connectivity index (χ3n) is 4.62. The second-order valence-corrected chi connectivity index (χ2v) is 6.65. The van der Waals surface area contributed by atoms with Gasteiger partial charge >= 0.3 is 0 Å². The topological polar surface area (TPSA) is 67.3 Å². The maximum atomic E-state index is 12.7. The summed E-state index contributed by atoms with van der Waals surface area (Å²) in [5, 5.41) is 3.17. The Bertz CT molecular complexity index is 940. The lowest BCUT2D eigenvalue weighted by atomic mass is 10.1. The van der Waals surface area contributed by atoms with Gasteiger partial charge in [0, 0.05) is 19.3 Å². The number of likely N-dealkylation sites (tertiary alicyclic amines) is 1. The highest BCUT2D eigenvalue weighted by molar-refractivity contribution is 5.92. The number of amides is 1. The van der Waals surface area contributed by atoms with Crippen LogP contribution in [0.4, 0.5) is 11.6 Å². The number of benzene rings is 2. The zero-order chi connectivity index (χ0) is 19.2. The van der Waals surface area contributed by atoms with E-state index in [0.717, 1.165) is 37.4 Å². The Morgan fingerprint density at radius 2 is 1.68 bits per heavy atom. The molecule has 142 valence electrons. The summed E-state index contributed by atoms with van der Waals surface area (Å²) in [5.74, 6) is 1.72. The van der Waals surface area contributed by atoms with Crippen molar-refractivity contribution in [2.24, 2.45) is 0 Å². The van der Waals surface area contributed by atoms with E-state index in [1.165, 1.54) is 6.42 Å². The molecular weight excluding hydrogens is 352 g/mol. The number of anilines is 2. The molecule has 1 saturated heterocycles. The normalized spacial score (nSPS) is 13.8. The molecule has 1 aliphatic rings. The van der Waals surface area contributed by atoms with Crippen molar-refractivity contribution in [1.29, 1.82) is 0 Å². The van der Waals surface area contributed by atoms with E-state index < -0.39 is 0 Å². The van der Waals surface area contributed by atoms with Crippen molar-refractivity contribution in [3.8, 4) is 11.5 Å². The number of ether oxygens (including phenoxy) is 1. The number of para-hydroxylation sites is 3. The van der Waals surface area contributed by atoms with Crippen LogP contribution in [0.3, 0.4) is 0 Å². The largest absolute Gasteiger partial charge is 0.455 e. The molecule has 2 heterocycles. The number of carbonyl (C=O) groups excluding carboxylic acids is 1. The summed E-state index contributed by atoms with van der Waals surface area (Å²) in [7, 11) is 0. The lowest BCUT2D eigenvalue weighted by molar-refractivity contribution is 0.0718. The van der Waals surface area contributed by atoms with Gasteiger partial charge in [0.25, 0.3) is 5.91 Å². The minimum atomic E-state index is -0.0426. The quantitative estimate of drug-likeness (QED) is 0.705. The predicted molar refractivity (Wildman–Crippen MR) is 108 cm³/mol. The van der Waals surface area contributed by atoms with Crippen LogP contribution in [0.2, 0.25) is 0 Å². The number of nitrogens with zero attached hydrogens (tertiary/aromatic N) is 3. The van der Waals surface area contributed by atoms with Gasteiger partial charge in [-0.1, -0.05) is 30.3 Å². The molecule has 1 N–H and O–H groups in total. The molecule has 0 atom stereocenters. The van der Waals surface area contributed by atoms with E-state index in [1.54, 1.807) is 12.3 Å². The molecule has 0 spiro atoms. The van der Waals surface area contributed by atoms with Gasteiger partial charge in [-0.15, -0.1) is 0 Å². The fraction of sp³-hybridized carbons (Fsp3) is 0.227. The Morgan fingerprint density at radius 1 is 0.929 bits per heavy atom. The zero-order valence-corrected chi connectivity index (χ0v) is 15.5. The van der Waals surface area contributed by atoms with E-state index in [2.05, 4.69) is 15.3 Å². The van der Waals surface area contributed by atoms with E-state index in [9.17, 15) is 4.79 Å². The van der Waals surface area contributed by atoms with Crippen LogP contribution in [0.1, 0.15) is 29.8 Å². The molecule has 4 rings (SSSR count). The van der Waals surface area contributed by atoms with Crippen LogP contribution < -0.4 is 10.1 Å². The van der Waals surface area contributed by atoms with Crippen molar-refractivity contribution in [3.05, 3.63) is 72.6 Å². The Kier molecular flexibility index (Phi) is 5.47. The van der Waals surface area contributed by atoms with Crippen molar-refractivity contribution < 1.29 is 9.53 Å². The molecule has 0 bridgehead atoms. The maximum absolute atomic E-state index is 12.7. The average Bonchev–Trinajstić information content (AvgIpc) is 2.76. The van der Waals surface area contributed by atoms with Crippen LogP contribution >= 0.6 is 0 Å². The first-order valence-electron chi connectivity index (χ1n) is 9.51. The predicted octanol–water partition coefficient (Wildman–Crippen LogP) is 4.64. The first-order chi connectivity index (χ1) is 13.8. The highest BCUT2D eigenvalue weighted by Gasteiger charge is 2.20. The minimum absolute atomic E-state index is 0.0426. The highest BCUT2D eigenvalue weighted by Crippen LogP contribution is 2.30. The number of hydrogen-bond acceptors (Lipinski definition) is 5. The van der Waals surface area contributed by atoms with Gasteiger partial charge < -0.3 is 15.0 Å². The van der Waals surface area contributed by atoms with Gasteiger partial charge in [0.05, 0.1) is 5.69 Å². The van der Waals surface area contributed by atoms with Gasteiger partial charge in [-0.25, -0.2) is 9.97 Å². The molecule has 1 aliphatic heterocycles. The molecule has 1 aromatic heterocycles. The third-order valence-corrected chi connectivity index (χ3v) is 4.62. The smallest absolute Gasteiger partial charge is 0.272 e. The second-order valence-electron chi connectivity index (χ2n) is 6.65. The molecule has 2 aromatic carbocycles. The van der Waals surface area contributed by atoms with Gasteiger partial charge in [0.15, 0.2) is 5.75 Å². The third kappa shape index (κ3) is 4.28. The molecule has 0 saturated carbocycles. The molecule has 1 amide bonds. The molecule has 0 unspecified atom stereocenters. The van der Waals surface area contributed by atoms with Crippen LogP contribution in [0.25, 0.3) is 0 Å². The van der Waals surface area contributed by atoms with E-state index in [4.69, 9.17) is 4.74 Å². The molecule has 1 fully saturated rings. The summed E-state index contributed by atoms with van der Waals surface area (Å²) in [6, 6.07) is 18.8. The number of carbonyl (C=O) groups is 1. The van der Waals surface area contributed by atoms with Gasteiger partial charge in [0.1, 0.15) is 11.4 Å². The van der Waals surface area contributed by atoms with Crippen LogP contribution in [0.5, 0.6) is 11.5 Å². The molecular formula is C22H22N4O2. The van der Waals surface area contributed by atoms with Crippen molar-refractivity contribution in [2.45, 2.75) is 19.3 Å². The van der Waals surface area contributed by atoms with Crippen molar-refractivity contribution >= 4 is 17.5 Å². The fourth-order valence-corrected chi connectivity index (χ4v) is 3.19. The Labute approximate surface area is 164 Å². The Balaban J connectivity index is 1.52. The van der Waals surface area contributed by atoms with Gasteiger partial charge in [-0.2, -0.15) is 0 Å². The van der Waals surface area contributed by atoms with E-state index in [-0.39, 0.29) is 5.91 Å². The fourth-order valence-electron chi connectivity index (χ4n) is 3.19. The first-order valence-corrected chi connectivity index (χ1v) is 9.51. The average molecular weight is 374 g/mol. The molecule has 0 aliphatic carbocycles. The van der Waals surface area contributed by atoms with Crippen molar-refractivity contribution in [2.75, 3.05) is 18.4 Å². The standard InChI is InChI=1S/C22H22N4O2/c27-21(26-15-7-2-8-16-26)19-13-14-23-22(25-19)24-18-11-5-6-12-20(18)28-17-9-3-1-4-10-17/h1,3-6,9-14H,2,7-8,15-16H2,(H,23,24,25). The number of aromatic nitrogens is 2. The summed E-state index contributed by atoms with van der Waals surface area (Å²) in [4.78, 5) is 23.2. The minimum Gasteiger partial charge on any atom is -0.455 e. The van der Waals surface area contributed by atoms with Crippen molar-refractivity contribution in [1.82, 2.24) is 14.9 Å². The van der Waals surface area contributed by atoms with Crippen LogP contribution in [0, 0.1) is 0 Å². The summed E-state index contributed by atoms with van der Waals surface area (Å²) in [5.41, 5.74) is 1.13. The van der Waals surface area contributed by atoms with Crippen LogP contribution in [-0.4, -0.2) is 33.9 Å². The van der Waals surface area contributed by atoms with Gasteiger partial charge in [0.2, 0.25) is 5.95 Å². The SMILES string of the molecule is O=C(c1ccnc(Nc2ccccc2Oc2ccccc2)n1)N1CCCCC1.